The van der Waals surface area contributed by atoms with Crippen molar-refractivity contribution in [3.8, 4) is 0 Å². The van der Waals surface area contributed by atoms with Crippen LogP contribution in [-0.4, -0.2) is 20.8 Å². The van der Waals surface area contributed by atoms with Gasteiger partial charge in [-0.15, -0.1) is 0 Å². The normalized spacial score (nSPS) is 20.6. The Labute approximate surface area is 92.1 Å². The first-order valence-electron chi connectivity index (χ1n) is 5.28. The molecule has 1 aromatic rings. The highest BCUT2D eigenvalue weighted by Gasteiger charge is 2.14. The average molecular weight is 222 g/mol. The fourth-order valence-corrected chi connectivity index (χ4v) is 1.81. The van der Waals surface area contributed by atoms with Crippen molar-refractivity contribution in [2.45, 2.75) is 32.3 Å². The van der Waals surface area contributed by atoms with Crippen molar-refractivity contribution < 1.29 is 5.11 Å². The van der Waals surface area contributed by atoms with Crippen molar-refractivity contribution in [2.75, 3.05) is 0 Å². The minimum absolute atomic E-state index is 0.316. The summed E-state index contributed by atoms with van der Waals surface area (Å²) in [7, 11) is 0. The third-order valence-electron chi connectivity index (χ3n) is 2.79. The standard InChI is InChI=1S/C11H14N2O3/c1-7-6-13(11(16)12-10(7)15)8-2-4-9(14)5-3-8/h2,6,9,14H,3-5H2,1H3,(H,12,15,16). The van der Waals surface area contributed by atoms with Crippen LogP contribution < -0.4 is 11.2 Å². The van der Waals surface area contributed by atoms with Crippen LogP contribution in [0.1, 0.15) is 24.8 Å². The van der Waals surface area contributed by atoms with E-state index in [9.17, 15) is 14.7 Å². The summed E-state index contributed by atoms with van der Waals surface area (Å²) in [4.78, 5) is 25.0. The van der Waals surface area contributed by atoms with E-state index in [1.165, 1.54) is 4.57 Å². The number of nitrogens with one attached hydrogen (secondary N) is 1. The number of rotatable bonds is 1. The number of aromatic nitrogens is 2. The van der Waals surface area contributed by atoms with Crippen molar-refractivity contribution >= 4 is 5.70 Å². The van der Waals surface area contributed by atoms with Crippen molar-refractivity contribution in [2.24, 2.45) is 0 Å². The van der Waals surface area contributed by atoms with Crippen LogP contribution in [0.2, 0.25) is 0 Å². The first-order chi connectivity index (χ1) is 7.58. The van der Waals surface area contributed by atoms with Gasteiger partial charge in [-0.1, -0.05) is 6.08 Å². The highest BCUT2D eigenvalue weighted by Crippen LogP contribution is 2.20. The number of aryl methyl sites for hydroxylation is 1. The molecule has 0 fully saturated rings. The molecule has 16 heavy (non-hydrogen) atoms. The Hall–Kier alpha value is -1.62. The molecule has 86 valence electrons. The van der Waals surface area contributed by atoms with Crippen LogP contribution in [0.15, 0.2) is 21.9 Å². The van der Waals surface area contributed by atoms with Gasteiger partial charge in [0.15, 0.2) is 0 Å². The number of aromatic amines is 1. The Morgan fingerprint density at radius 2 is 2.25 bits per heavy atom. The summed E-state index contributed by atoms with van der Waals surface area (Å²) in [5.74, 6) is 0. The zero-order chi connectivity index (χ0) is 11.7. The number of allylic oxidation sites excluding steroid dienone is 1. The first kappa shape index (κ1) is 10.9. The maximum absolute atomic E-state index is 11.6. The van der Waals surface area contributed by atoms with E-state index in [-0.39, 0.29) is 11.7 Å². The molecule has 1 atom stereocenters. The zero-order valence-corrected chi connectivity index (χ0v) is 9.06. The number of hydrogen-bond donors (Lipinski definition) is 2. The van der Waals surface area contributed by atoms with Crippen LogP contribution in [-0.2, 0) is 0 Å². The molecule has 0 spiro atoms. The summed E-state index contributed by atoms with van der Waals surface area (Å²) >= 11 is 0. The monoisotopic (exact) mass is 222 g/mol. The molecule has 1 unspecified atom stereocenters. The molecule has 0 saturated carbocycles. The largest absolute Gasteiger partial charge is 0.393 e. The minimum Gasteiger partial charge on any atom is -0.393 e. The molecule has 1 aliphatic carbocycles. The molecular weight excluding hydrogens is 208 g/mol. The van der Waals surface area contributed by atoms with Crippen molar-refractivity contribution in [3.05, 3.63) is 38.7 Å². The van der Waals surface area contributed by atoms with E-state index in [1.54, 1.807) is 13.1 Å². The Balaban J connectivity index is 2.45. The number of H-pyrrole nitrogens is 1. The highest BCUT2D eigenvalue weighted by molar-refractivity contribution is 5.46. The van der Waals surface area contributed by atoms with Gasteiger partial charge in [-0.05, 0) is 26.2 Å². The van der Waals surface area contributed by atoms with Gasteiger partial charge in [0.25, 0.3) is 5.56 Å². The number of hydrogen-bond acceptors (Lipinski definition) is 3. The van der Waals surface area contributed by atoms with Gasteiger partial charge in [0.2, 0.25) is 0 Å². The second-order valence-electron chi connectivity index (χ2n) is 4.07. The number of aliphatic hydroxyl groups is 1. The van der Waals surface area contributed by atoms with Gasteiger partial charge in [0, 0.05) is 17.5 Å². The summed E-state index contributed by atoms with van der Waals surface area (Å²) in [5, 5.41) is 9.35. The predicted octanol–water partition coefficient (Wildman–Crippen LogP) is 0.231. The van der Waals surface area contributed by atoms with E-state index in [0.717, 1.165) is 5.70 Å². The van der Waals surface area contributed by atoms with Crippen molar-refractivity contribution in [1.29, 1.82) is 0 Å². The van der Waals surface area contributed by atoms with Crippen LogP contribution >= 0.6 is 0 Å². The van der Waals surface area contributed by atoms with E-state index < -0.39 is 5.69 Å². The maximum atomic E-state index is 11.6. The van der Waals surface area contributed by atoms with E-state index in [0.29, 0.717) is 24.8 Å². The topological polar surface area (TPSA) is 75.1 Å². The van der Waals surface area contributed by atoms with Gasteiger partial charge in [0.1, 0.15) is 0 Å². The molecule has 0 aromatic carbocycles. The lowest BCUT2D eigenvalue weighted by atomic mass is 10.0. The third-order valence-corrected chi connectivity index (χ3v) is 2.79. The summed E-state index contributed by atoms with van der Waals surface area (Å²) in [6.07, 6.45) is 4.92. The third kappa shape index (κ3) is 1.99. The second-order valence-corrected chi connectivity index (χ2v) is 4.07. The smallest absolute Gasteiger partial charge is 0.332 e. The Morgan fingerprint density at radius 3 is 2.88 bits per heavy atom. The van der Waals surface area contributed by atoms with Gasteiger partial charge < -0.3 is 5.11 Å². The molecule has 0 aliphatic heterocycles. The van der Waals surface area contributed by atoms with Gasteiger partial charge in [-0.25, -0.2) is 4.79 Å². The lowest BCUT2D eigenvalue weighted by Gasteiger charge is -2.18. The summed E-state index contributed by atoms with van der Waals surface area (Å²) in [6.45, 7) is 1.66. The summed E-state index contributed by atoms with van der Waals surface area (Å²) in [5.41, 5.74) is 0.581. The molecular formula is C11H14N2O3. The molecule has 5 nitrogen and oxygen atoms in total. The SMILES string of the molecule is Cc1cn(C2=CCC(O)CC2)c(=O)[nH]c1=O. The van der Waals surface area contributed by atoms with Gasteiger partial charge in [0.05, 0.1) is 6.10 Å². The lowest BCUT2D eigenvalue weighted by Crippen LogP contribution is -2.31. The predicted molar refractivity (Wildman–Crippen MR) is 60.2 cm³/mol. The molecule has 0 radical (unpaired) electrons. The van der Waals surface area contributed by atoms with Crippen LogP contribution in [0.4, 0.5) is 0 Å². The lowest BCUT2D eigenvalue weighted by molar-refractivity contribution is 0.165. The van der Waals surface area contributed by atoms with Crippen LogP contribution in [0, 0.1) is 6.92 Å². The van der Waals surface area contributed by atoms with Gasteiger partial charge >= 0.3 is 5.69 Å². The molecule has 5 heteroatoms. The molecule has 0 saturated heterocycles. The Bertz CT molecular complexity index is 539. The fraction of sp³-hybridized carbons (Fsp3) is 0.455. The van der Waals surface area contributed by atoms with E-state index in [2.05, 4.69) is 4.98 Å². The first-order valence-corrected chi connectivity index (χ1v) is 5.28. The van der Waals surface area contributed by atoms with E-state index in [4.69, 9.17) is 0 Å². The molecule has 0 bridgehead atoms. The highest BCUT2D eigenvalue weighted by atomic mass is 16.3. The average Bonchev–Trinajstić information content (AvgIpc) is 2.25. The van der Waals surface area contributed by atoms with E-state index in [1.807, 2.05) is 6.08 Å². The van der Waals surface area contributed by atoms with Crippen LogP contribution in [0.5, 0.6) is 0 Å². The van der Waals surface area contributed by atoms with Crippen molar-refractivity contribution in [1.82, 2.24) is 9.55 Å². The second kappa shape index (κ2) is 4.09. The Morgan fingerprint density at radius 1 is 1.50 bits per heavy atom. The minimum atomic E-state index is -0.418. The fourth-order valence-electron chi connectivity index (χ4n) is 1.81. The van der Waals surface area contributed by atoms with E-state index >= 15 is 0 Å². The van der Waals surface area contributed by atoms with Gasteiger partial charge in [-0.3, -0.25) is 14.3 Å². The summed E-state index contributed by atoms with van der Waals surface area (Å²) in [6, 6.07) is 0. The maximum Gasteiger partial charge on any atom is 0.332 e. The molecule has 1 aromatic heterocycles. The van der Waals surface area contributed by atoms with Crippen molar-refractivity contribution in [3.63, 3.8) is 0 Å². The molecule has 1 heterocycles. The zero-order valence-electron chi connectivity index (χ0n) is 9.06. The number of nitrogens with zero attached hydrogens (tertiary/aromatic N) is 1. The molecule has 2 rings (SSSR count). The Kier molecular flexibility index (Phi) is 2.78. The number of aliphatic hydroxyl groups excluding tert-OH is 1. The molecule has 1 aliphatic rings. The van der Waals surface area contributed by atoms with Crippen LogP contribution in [0.25, 0.3) is 5.70 Å². The van der Waals surface area contributed by atoms with Gasteiger partial charge in [-0.2, -0.15) is 0 Å². The van der Waals surface area contributed by atoms with Crippen LogP contribution in [0.3, 0.4) is 0 Å². The summed E-state index contributed by atoms with van der Waals surface area (Å²) < 4.78 is 1.45. The molecule has 0 amide bonds. The molecule has 2 N–H and O–H groups in total. The quantitative estimate of drug-likeness (QED) is 0.714.